The molecule has 0 aliphatic rings. The summed E-state index contributed by atoms with van der Waals surface area (Å²) in [6.45, 7) is 1.49. The first kappa shape index (κ1) is 21.7. The summed E-state index contributed by atoms with van der Waals surface area (Å²) in [7, 11) is -7.98. The molecule has 2 aromatic rings. The van der Waals surface area contributed by atoms with Crippen molar-refractivity contribution in [1.29, 1.82) is 0 Å². The molecule has 6 nitrogen and oxygen atoms in total. The highest BCUT2D eigenvalue weighted by molar-refractivity contribution is 8.00. The van der Waals surface area contributed by atoms with E-state index >= 15 is 0 Å². The molecule has 0 saturated carbocycles. The van der Waals surface area contributed by atoms with Crippen LogP contribution in [-0.4, -0.2) is 22.3 Å². The first-order valence-electron chi connectivity index (χ1n) is 7.29. The highest BCUT2D eigenvalue weighted by Gasteiger charge is 2.29. The van der Waals surface area contributed by atoms with Crippen molar-refractivity contribution in [2.45, 2.75) is 33.2 Å². The van der Waals surface area contributed by atoms with Crippen molar-refractivity contribution in [1.82, 2.24) is 4.72 Å². The number of halogens is 3. The molecule has 3 N–H and O–H groups in total. The molecule has 0 saturated heterocycles. The van der Waals surface area contributed by atoms with Crippen molar-refractivity contribution in [3.05, 3.63) is 54.1 Å². The molecule has 0 bridgehead atoms. The summed E-state index contributed by atoms with van der Waals surface area (Å²) in [6, 6.07) is 8.88. The van der Waals surface area contributed by atoms with E-state index < -0.39 is 31.6 Å². The van der Waals surface area contributed by atoms with Crippen LogP contribution in [-0.2, 0) is 20.0 Å². The predicted octanol–water partition coefficient (Wildman–Crippen LogP) is 2.99. The lowest BCUT2D eigenvalue weighted by Gasteiger charge is -2.15. The smallest absolute Gasteiger partial charge is 0.225 e. The van der Waals surface area contributed by atoms with Gasteiger partial charge < -0.3 is 0 Å². The van der Waals surface area contributed by atoms with Crippen molar-refractivity contribution in [3.8, 4) is 0 Å². The Morgan fingerprint density at radius 3 is 2.11 bits per heavy atom. The lowest BCUT2D eigenvalue weighted by Crippen LogP contribution is -2.27. The van der Waals surface area contributed by atoms with Gasteiger partial charge >= 0.3 is 5.51 Å². The molecule has 0 spiro atoms. The van der Waals surface area contributed by atoms with Gasteiger partial charge in [0, 0.05) is 10.9 Å². The second-order valence-corrected chi connectivity index (χ2v) is 9.89. The fraction of sp³-hybridized carbons (Fsp3) is 0.200. The number of thioether (sulfide) groups is 1. The van der Waals surface area contributed by atoms with Gasteiger partial charge in [-0.1, -0.05) is 12.1 Å². The molecule has 148 valence electrons. The molecule has 0 aliphatic heterocycles. The topological polar surface area (TPSA) is 106 Å². The fourth-order valence-corrected chi connectivity index (χ4v) is 4.49. The molecule has 12 heteroatoms. The van der Waals surface area contributed by atoms with E-state index in [1.54, 1.807) is 0 Å². The molecule has 0 fully saturated rings. The second kappa shape index (κ2) is 7.80. The molecule has 2 rings (SSSR count). The quantitative estimate of drug-likeness (QED) is 0.672. The van der Waals surface area contributed by atoms with Crippen molar-refractivity contribution < 1.29 is 30.0 Å². The van der Waals surface area contributed by atoms with Crippen LogP contribution in [0.3, 0.4) is 0 Å². The first-order chi connectivity index (χ1) is 12.3. The minimum absolute atomic E-state index is 0.143. The second-order valence-electron chi connectivity index (χ2n) is 5.48. The number of hydrogen-bond acceptors (Lipinski definition) is 5. The average Bonchev–Trinajstić information content (AvgIpc) is 2.53. The van der Waals surface area contributed by atoms with Crippen LogP contribution in [0.4, 0.5) is 13.2 Å². The van der Waals surface area contributed by atoms with E-state index in [2.05, 4.69) is 4.72 Å². The Morgan fingerprint density at radius 2 is 1.59 bits per heavy atom. The standard InChI is InChI=1S/C15H15F3N2O4S3/c1-10(11-3-2-4-14(9-11)26(19,21)22)20-27(23,24)13-7-5-12(6-8-13)25-15(16,17)18/h2-10,20H,1H3,(H2,19,21,22). The summed E-state index contributed by atoms with van der Waals surface area (Å²) in [4.78, 5) is -0.529. The highest BCUT2D eigenvalue weighted by Crippen LogP contribution is 2.37. The van der Waals surface area contributed by atoms with Gasteiger partial charge in [0.1, 0.15) is 0 Å². The third-order valence-corrected chi connectivity index (χ3v) is 6.59. The van der Waals surface area contributed by atoms with Gasteiger partial charge in [-0.3, -0.25) is 0 Å². The van der Waals surface area contributed by atoms with Crippen LogP contribution in [0.1, 0.15) is 18.5 Å². The van der Waals surface area contributed by atoms with Crippen molar-refractivity contribution in [2.75, 3.05) is 0 Å². The molecule has 27 heavy (non-hydrogen) atoms. The number of nitrogens with two attached hydrogens (primary N) is 1. The van der Waals surface area contributed by atoms with Crippen LogP contribution < -0.4 is 9.86 Å². The summed E-state index contributed by atoms with van der Waals surface area (Å²) in [5.41, 5.74) is -4.11. The Bertz CT molecular complexity index is 1020. The van der Waals surface area contributed by atoms with E-state index in [-0.39, 0.29) is 26.4 Å². The third-order valence-electron chi connectivity index (χ3n) is 3.39. The Kier molecular flexibility index (Phi) is 6.26. The lowest BCUT2D eigenvalue weighted by molar-refractivity contribution is -0.0328. The summed E-state index contributed by atoms with van der Waals surface area (Å²) in [6.07, 6.45) is 0. The number of primary sulfonamides is 1. The number of sulfonamides is 2. The van der Waals surface area contributed by atoms with E-state index in [4.69, 9.17) is 5.14 Å². The largest absolute Gasteiger partial charge is 0.446 e. The first-order valence-corrected chi connectivity index (χ1v) is 11.1. The van der Waals surface area contributed by atoms with E-state index in [0.717, 1.165) is 24.3 Å². The van der Waals surface area contributed by atoms with Gasteiger partial charge in [-0.15, -0.1) is 0 Å². The molecule has 0 aromatic heterocycles. The van der Waals surface area contributed by atoms with Crippen LogP contribution in [0.25, 0.3) is 0 Å². The number of benzene rings is 2. The third kappa shape index (κ3) is 6.21. The Labute approximate surface area is 159 Å². The van der Waals surface area contributed by atoms with Crippen LogP contribution in [0, 0.1) is 0 Å². The minimum Gasteiger partial charge on any atom is -0.225 e. The molecule has 0 amide bonds. The number of rotatable bonds is 6. The minimum atomic E-state index is -4.47. The maximum Gasteiger partial charge on any atom is 0.446 e. The number of nitrogens with one attached hydrogen (secondary N) is 1. The van der Waals surface area contributed by atoms with E-state index in [1.807, 2.05) is 0 Å². The lowest BCUT2D eigenvalue weighted by atomic mass is 10.1. The van der Waals surface area contributed by atoms with Gasteiger partial charge in [-0.05, 0) is 60.6 Å². The summed E-state index contributed by atoms with van der Waals surface area (Å²) >= 11 is -0.349. The van der Waals surface area contributed by atoms with Crippen LogP contribution in [0.2, 0.25) is 0 Å². The van der Waals surface area contributed by atoms with E-state index in [9.17, 15) is 30.0 Å². The van der Waals surface area contributed by atoms with Crippen LogP contribution in [0.15, 0.2) is 63.2 Å². The van der Waals surface area contributed by atoms with Gasteiger partial charge in [0.2, 0.25) is 20.0 Å². The van der Waals surface area contributed by atoms with Gasteiger partial charge in [0.05, 0.1) is 9.79 Å². The van der Waals surface area contributed by atoms with Gasteiger partial charge in [-0.25, -0.2) is 26.7 Å². The highest BCUT2D eigenvalue weighted by atomic mass is 32.2. The van der Waals surface area contributed by atoms with Crippen molar-refractivity contribution in [3.63, 3.8) is 0 Å². The summed E-state index contributed by atoms with van der Waals surface area (Å²) in [5, 5.41) is 5.05. The number of alkyl halides is 3. The molecule has 1 unspecified atom stereocenters. The van der Waals surface area contributed by atoms with Crippen LogP contribution in [0.5, 0.6) is 0 Å². The Morgan fingerprint density at radius 1 is 1.00 bits per heavy atom. The SMILES string of the molecule is CC(NS(=O)(=O)c1ccc(SC(F)(F)F)cc1)c1cccc(S(N)(=O)=O)c1. The maximum atomic E-state index is 12.4. The number of hydrogen-bond donors (Lipinski definition) is 2. The molecule has 2 aromatic carbocycles. The average molecular weight is 440 g/mol. The van der Waals surface area contributed by atoms with Gasteiger partial charge in [0.15, 0.2) is 0 Å². The molecular formula is C15H15F3N2O4S3. The van der Waals surface area contributed by atoms with Crippen LogP contribution >= 0.6 is 11.8 Å². The Balaban J connectivity index is 2.21. The summed E-state index contributed by atoms with van der Waals surface area (Å²) in [5.74, 6) is 0. The van der Waals surface area contributed by atoms with Gasteiger partial charge in [0.25, 0.3) is 0 Å². The Hall–Kier alpha value is -1.60. The van der Waals surface area contributed by atoms with E-state index in [0.29, 0.717) is 5.56 Å². The summed E-state index contributed by atoms with van der Waals surface area (Å²) < 4.78 is 87.0. The fourth-order valence-electron chi connectivity index (χ4n) is 2.15. The molecule has 0 radical (unpaired) electrons. The van der Waals surface area contributed by atoms with Gasteiger partial charge in [-0.2, -0.15) is 13.2 Å². The van der Waals surface area contributed by atoms with Crippen molar-refractivity contribution >= 4 is 31.8 Å². The zero-order chi connectivity index (χ0) is 20.5. The predicted molar refractivity (Wildman–Crippen MR) is 94.9 cm³/mol. The zero-order valence-corrected chi connectivity index (χ0v) is 16.2. The molecule has 1 atom stereocenters. The van der Waals surface area contributed by atoms with Crippen molar-refractivity contribution in [2.24, 2.45) is 5.14 Å². The molecule has 0 heterocycles. The van der Waals surface area contributed by atoms with E-state index in [1.165, 1.54) is 31.2 Å². The zero-order valence-electron chi connectivity index (χ0n) is 13.8. The monoisotopic (exact) mass is 440 g/mol. The molecule has 0 aliphatic carbocycles. The normalized spacial score (nSPS) is 14.1. The molecular weight excluding hydrogens is 425 g/mol. The maximum absolute atomic E-state index is 12.4.